The van der Waals surface area contributed by atoms with Crippen molar-refractivity contribution in [3.05, 3.63) is 0 Å². The Labute approximate surface area is 308 Å². The molecule has 0 N–H and O–H groups in total. The summed E-state index contributed by atoms with van der Waals surface area (Å²) in [7, 11) is 0. The fraction of sp³-hybridized carbons (Fsp3) is 0.500. The minimum Gasteiger partial charge on any atom is -0.550 e. The number of hydrogen-bond donors (Lipinski definition) is 0. The van der Waals surface area contributed by atoms with Gasteiger partial charge in [0.2, 0.25) is 0 Å². The van der Waals surface area contributed by atoms with E-state index in [1.165, 1.54) is 0 Å². The molecule has 0 rings (SSSR count). The van der Waals surface area contributed by atoms with Crippen molar-refractivity contribution in [1.82, 2.24) is 0 Å². The Morgan fingerprint density at radius 3 is 0.300 bits per heavy atom. The molecule has 144 valence electrons. The molecule has 0 radical (unpaired) electrons. The van der Waals surface area contributed by atoms with Gasteiger partial charge in [0.1, 0.15) is 0 Å². The van der Waals surface area contributed by atoms with Gasteiger partial charge in [0.05, 0.1) is 0 Å². The van der Waals surface area contributed by atoms with Gasteiger partial charge in [0, 0.05) is 35.8 Å². The molecular weight excluding hydrogens is 474 g/mol. The third-order valence-electron chi connectivity index (χ3n) is 0. The maximum absolute atomic E-state index is 8.89. The van der Waals surface area contributed by atoms with Crippen molar-refractivity contribution in [2.24, 2.45) is 0 Å². The molecule has 18 heteroatoms. The van der Waals surface area contributed by atoms with Crippen molar-refractivity contribution in [3.63, 3.8) is 0 Å². The van der Waals surface area contributed by atoms with Crippen LogP contribution in [0.15, 0.2) is 0 Å². The fourth-order valence-electron chi connectivity index (χ4n) is 0. The summed E-state index contributed by atoms with van der Waals surface area (Å²) in [5.74, 6) is -6.50. The van der Waals surface area contributed by atoms with Gasteiger partial charge in [-0.15, -0.1) is 0 Å². The summed E-state index contributed by atoms with van der Waals surface area (Å²) in [4.78, 5) is 53.3. The third-order valence-corrected chi connectivity index (χ3v) is 0. The SMILES string of the molecule is CC(=O)[O-].CC(=O)[O-].CC(=O)[O-].CC(=O)[O-].CC(=O)[O-].CC(=O)[O-].[Na+].[Na+].[Na+].[Na+].[Na+].[Na+]. The molecule has 0 aliphatic heterocycles. The van der Waals surface area contributed by atoms with E-state index in [4.69, 9.17) is 59.4 Å². The summed E-state index contributed by atoms with van der Waals surface area (Å²) in [6, 6.07) is 0. The molecule has 30 heavy (non-hydrogen) atoms. The van der Waals surface area contributed by atoms with E-state index in [0.29, 0.717) is 0 Å². The number of carbonyl (C=O) groups excluding carboxylic acids is 6. The molecule has 0 amide bonds. The van der Waals surface area contributed by atoms with Gasteiger partial charge in [-0.05, 0) is 41.5 Å². The third kappa shape index (κ3) is 3450. The summed E-state index contributed by atoms with van der Waals surface area (Å²) >= 11 is 0. The van der Waals surface area contributed by atoms with Crippen LogP contribution in [-0.2, 0) is 28.8 Å². The van der Waals surface area contributed by atoms with Crippen molar-refractivity contribution in [1.29, 1.82) is 0 Å². The number of aliphatic carboxylic acids is 6. The van der Waals surface area contributed by atoms with Crippen molar-refractivity contribution < 1.29 is 237 Å². The maximum Gasteiger partial charge on any atom is 1.00 e. The monoisotopic (exact) mass is 492 g/mol. The average Bonchev–Trinajstić information content (AvgIpc) is 2.08. The maximum atomic E-state index is 8.89. The van der Waals surface area contributed by atoms with Gasteiger partial charge in [-0.25, -0.2) is 0 Å². The predicted octanol–water partition coefficient (Wildman–Crippen LogP) is -25.4. The Morgan fingerprint density at radius 1 is 0.300 bits per heavy atom. The molecule has 0 aliphatic rings. The number of rotatable bonds is 0. The molecule has 0 fully saturated rings. The van der Waals surface area contributed by atoms with Crippen LogP contribution in [0.3, 0.4) is 0 Å². The van der Waals surface area contributed by atoms with Crippen molar-refractivity contribution in [2.75, 3.05) is 0 Å². The molecule has 0 heterocycles. The van der Waals surface area contributed by atoms with Gasteiger partial charge < -0.3 is 59.4 Å². The van der Waals surface area contributed by atoms with Crippen LogP contribution in [0.5, 0.6) is 0 Å². The van der Waals surface area contributed by atoms with Crippen LogP contribution in [0, 0.1) is 0 Å². The second-order valence-corrected chi connectivity index (χ2v) is 2.95. The molecule has 0 aromatic rings. The number of carboxylic acids is 6. The quantitative estimate of drug-likeness (QED) is 0.286. The van der Waals surface area contributed by atoms with Gasteiger partial charge in [-0.3, -0.25) is 0 Å². The number of hydrogen-bond acceptors (Lipinski definition) is 12. The Bertz CT molecular complexity index is 277. The Hall–Kier alpha value is 2.82. The standard InChI is InChI=1S/6C2H4O2.6Na/c6*1-2(3)4;;;;;;/h6*1H3,(H,3,4);;;;;;/q;;;;;;6*+1/p-6. The van der Waals surface area contributed by atoms with E-state index in [2.05, 4.69) is 0 Å². The predicted molar refractivity (Wildman–Crippen MR) is 64.1 cm³/mol. The first-order valence-corrected chi connectivity index (χ1v) is 5.45. The smallest absolute Gasteiger partial charge is 0.550 e. The van der Waals surface area contributed by atoms with E-state index in [-0.39, 0.29) is 177 Å². The van der Waals surface area contributed by atoms with Gasteiger partial charge in [0.15, 0.2) is 0 Å². The second-order valence-electron chi connectivity index (χ2n) is 2.95. The normalized spacial score (nSPS) is 5.00. The van der Waals surface area contributed by atoms with E-state index >= 15 is 0 Å². The molecule has 0 saturated heterocycles. The van der Waals surface area contributed by atoms with Crippen molar-refractivity contribution >= 4 is 35.8 Å². The molecule has 0 bridgehead atoms. The first-order chi connectivity index (χ1) is 10.4. The Balaban J connectivity index is -0.0000000125. The van der Waals surface area contributed by atoms with E-state index in [0.717, 1.165) is 41.5 Å². The molecule has 12 nitrogen and oxygen atoms in total. The van der Waals surface area contributed by atoms with Crippen LogP contribution in [0.25, 0.3) is 0 Å². The van der Waals surface area contributed by atoms with Crippen LogP contribution in [0.4, 0.5) is 0 Å². The number of carbonyl (C=O) groups is 6. The van der Waals surface area contributed by atoms with Crippen LogP contribution in [0.1, 0.15) is 41.5 Å². The van der Waals surface area contributed by atoms with E-state index in [1.54, 1.807) is 0 Å². The largest absolute Gasteiger partial charge is 1.00 e. The number of carboxylic acid groups (broad SMARTS) is 6. The molecule has 0 saturated carbocycles. The fourth-order valence-corrected chi connectivity index (χ4v) is 0. The van der Waals surface area contributed by atoms with Crippen LogP contribution >= 0.6 is 0 Å². The molecule has 0 spiro atoms. The minimum atomic E-state index is -1.08. The molecule has 0 aromatic carbocycles. The molecular formula is C12H18Na6O12. The van der Waals surface area contributed by atoms with E-state index in [1.807, 2.05) is 0 Å². The molecule has 0 unspecified atom stereocenters. The summed E-state index contributed by atoms with van der Waals surface area (Å²) in [5, 5.41) is 53.3. The van der Waals surface area contributed by atoms with E-state index < -0.39 is 35.8 Å². The van der Waals surface area contributed by atoms with Crippen molar-refractivity contribution in [3.8, 4) is 0 Å². The summed E-state index contributed by atoms with van der Waals surface area (Å²) in [5.41, 5.74) is 0. The molecule has 0 aliphatic carbocycles. The zero-order valence-corrected chi connectivity index (χ0v) is 31.9. The summed E-state index contributed by atoms with van der Waals surface area (Å²) in [6.07, 6.45) is 0. The van der Waals surface area contributed by atoms with Gasteiger partial charge in [-0.1, -0.05) is 0 Å². The van der Waals surface area contributed by atoms with Gasteiger partial charge >= 0.3 is 177 Å². The van der Waals surface area contributed by atoms with Crippen LogP contribution in [-0.4, -0.2) is 35.8 Å². The molecule has 0 atom stereocenters. The van der Waals surface area contributed by atoms with Crippen molar-refractivity contribution in [2.45, 2.75) is 41.5 Å². The minimum absolute atomic E-state index is 0. The average molecular weight is 492 g/mol. The van der Waals surface area contributed by atoms with Gasteiger partial charge in [-0.2, -0.15) is 0 Å². The second kappa shape index (κ2) is 69.7. The van der Waals surface area contributed by atoms with Gasteiger partial charge in [0.25, 0.3) is 0 Å². The summed E-state index contributed by atoms with van der Waals surface area (Å²) < 4.78 is 0. The Morgan fingerprint density at radius 2 is 0.300 bits per heavy atom. The molecule has 0 aromatic heterocycles. The first kappa shape index (κ1) is 76.7. The summed E-state index contributed by atoms with van der Waals surface area (Å²) in [6.45, 7) is 5.83. The zero-order chi connectivity index (χ0) is 21.5. The topological polar surface area (TPSA) is 241 Å². The first-order valence-electron chi connectivity index (χ1n) is 5.45. The van der Waals surface area contributed by atoms with Crippen LogP contribution in [0.2, 0.25) is 0 Å². The van der Waals surface area contributed by atoms with E-state index in [9.17, 15) is 0 Å². The Kier molecular flexibility index (Phi) is 178. The zero-order valence-electron chi connectivity index (χ0n) is 19.9. The van der Waals surface area contributed by atoms with Crippen LogP contribution < -0.4 is 208 Å².